The highest BCUT2D eigenvalue weighted by Gasteiger charge is 2.17. The van der Waals surface area contributed by atoms with E-state index in [-0.39, 0.29) is 6.04 Å². The van der Waals surface area contributed by atoms with E-state index >= 15 is 0 Å². The van der Waals surface area contributed by atoms with Gasteiger partial charge >= 0.3 is 0 Å². The molecule has 0 bridgehead atoms. The number of imidazole rings is 1. The van der Waals surface area contributed by atoms with Crippen molar-refractivity contribution < 1.29 is 0 Å². The van der Waals surface area contributed by atoms with Crippen molar-refractivity contribution in [1.29, 1.82) is 0 Å². The zero-order valence-electron chi connectivity index (χ0n) is 12.0. The van der Waals surface area contributed by atoms with E-state index in [4.69, 9.17) is 5.84 Å². The van der Waals surface area contributed by atoms with Crippen LogP contribution in [0.1, 0.15) is 22.8 Å². The Morgan fingerprint density at radius 3 is 2.53 bits per heavy atom. The van der Waals surface area contributed by atoms with Crippen LogP contribution in [0.25, 0.3) is 0 Å². The first-order valence-corrected chi connectivity index (χ1v) is 6.44. The largest absolute Gasteiger partial charge is 0.338 e. The first-order valence-electron chi connectivity index (χ1n) is 6.44. The smallest absolute Gasteiger partial charge is 0.109 e. The van der Waals surface area contributed by atoms with E-state index in [0.29, 0.717) is 0 Å². The molecule has 3 N–H and O–H groups in total. The van der Waals surface area contributed by atoms with Gasteiger partial charge in [-0.2, -0.15) is 5.10 Å². The van der Waals surface area contributed by atoms with Gasteiger partial charge in [-0.25, -0.2) is 4.98 Å². The molecule has 0 radical (unpaired) electrons. The first-order chi connectivity index (χ1) is 9.02. The van der Waals surface area contributed by atoms with Gasteiger partial charge in [0.25, 0.3) is 0 Å². The number of rotatable bonds is 5. The van der Waals surface area contributed by atoms with Gasteiger partial charge in [0.15, 0.2) is 0 Å². The highest BCUT2D eigenvalue weighted by atomic mass is 15.3. The second kappa shape index (κ2) is 5.54. The van der Waals surface area contributed by atoms with E-state index in [1.54, 1.807) is 0 Å². The lowest BCUT2D eigenvalue weighted by Crippen LogP contribution is -2.39. The lowest BCUT2D eigenvalue weighted by molar-refractivity contribution is 0.503. The molecular weight excluding hydrogens is 240 g/mol. The van der Waals surface area contributed by atoms with Gasteiger partial charge in [-0.15, -0.1) is 0 Å². The number of aryl methyl sites for hydroxylation is 3. The summed E-state index contributed by atoms with van der Waals surface area (Å²) in [6.07, 6.45) is 5.41. The van der Waals surface area contributed by atoms with Crippen molar-refractivity contribution in [2.24, 2.45) is 19.9 Å². The monoisotopic (exact) mass is 262 g/mol. The van der Waals surface area contributed by atoms with Crippen molar-refractivity contribution in [3.8, 4) is 0 Å². The third-order valence-corrected chi connectivity index (χ3v) is 3.70. The van der Waals surface area contributed by atoms with Crippen LogP contribution in [0.15, 0.2) is 12.4 Å². The minimum Gasteiger partial charge on any atom is -0.338 e. The molecule has 19 heavy (non-hydrogen) atoms. The SMILES string of the molecule is Cc1nn(C)c(C)c1CC(Cc1nccn1C)NN. The molecule has 6 nitrogen and oxygen atoms in total. The second-order valence-corrected chi connectivity index (χ2v) is 5.00. The Morgan fingerprint density at radius 2 is 2.05 bits per heavy atom. The number of nitrogens with two attached hydrogens (primary N) is 1. The molecule has 0 amide bonds. The van der Waals surface area contributed by atoms with Crippen LogP contribution in [0.4, 0.5) is 0 Å². The predicted molar refractivity (Wildman–Crippen MR) is 74.4 cm³/mol. The summed E-state index contributed by atoms with van der Waals surface area (Å²) in [5.41, 5.74) is 6.41. The number of aromatic nitrogens is 4. The Bertz CT molecular complexity index is 553. The molecule has 0 saturated heterocycles. The van der Waals surface area contributed by atoms with E-state index in [0.717, 1.165) is 24.4 Å². The average molecular weight is 262 g/mol. The molecule has 0 spiro atoms. The summed E-state index contributed by atoms with van der Waals surface area (Å²) < 4.78 is 3.94. The fraction of sp³-hybridized carbons (Fsp3) is 0.538. The molecule has 0 aliphatic rings. The molecule has 2 aromatic heterocycles. The van der Waals surface area contributed by atoms with Gasteiger partial charge in [-0.05, 0) is 25.8 Å². The van der Waals surface area contributed by atoms with Crippen molar-refractivity contribution in [2.45, 2.75) is 32.7 Å². The molecule has 2 heterocycles. The lowest BCUT2D eigenvalue weighted by Gasteiger charge is -2.16. The number of hydrogen-bond acceptors (Lipinski definition) is 4. The van der Waals surface area contributed by atoms with Crippen LogP contribution in [0.3, 0.4) is 0 Å². The van der Waals surface area contributed by atoms with Crippen LogP contribution < -0.4 is 11.3 Å². The highest BCUT2D eigenvalue weighted by Crippen LogP contribution is 2.15. The predicted octanol–water partition coefficient (Wildman–Crippen LogP) is 0.388. The molecule has 6 heteroatoms. The average Bonchev–Trinajstić information content (AvgIpc) is 2.87. The van der Waals surface area contributed by atoms with Crippen LogP contribution in [-0.4, -0.2) is 25.4 Å². The van der Waals surface area contributed by atoms with E-state index < -0.39 is 0 Å². The Morgan fingerprint density at radius 1 is 1.32 bits per heavy atom. The van der Waals surface area contributed by atoms with E-state index in [2.05, 4.69) is 22.4 Å². The molecule has 0 aromatic carbocycles. The molecule has 2 aromatic rings. The summed E-state index contributed by atoms with van der Waals surface area (Å²) in [5.74, 6) is 6.71. The zero-order valence-corrected chi connectivity index (χ0v) is 12.0. The summed E-state index contributed by atoms with van der Waals surface area (Å²) in [6, 6.07) is 0.155. The third kappa shape index (κ3) is 2.85. The molecule has 104 valence electrons. The van der Waals surface area contributed by atoms with E-state index in [1.807, 2.05) is 42.7 Å². The summed E-state index contributed by atoms with van der Waals surface area (Å²) in [4.78, 5) is 4.34. The quantitative estimate of drug-likeness (QED) is 0.604. The van der Waals surface area contributed by atoms with Crippen molar-refractivity contribution >= 4 is 0 Å². The topological polar surface area (TPSA) is 73.7 Å². The van der Waals surface area contributed by atoms with Crippen molar-refractivity contribution in [3.63, 3.8) is 0 Å². The van der Waals surface area contributed by atoms with Gasteiger partial charge in [0.2, 0.25) is 0 Å². The highest BCUT2D eigenvalue weighted by molar-refractivity contribution is 5.25. The van der Waals surface area contributed by atoms with Crippen molar-refractivity contribution in [3.05, 3.63) is 35.2 Å². The van der Waals surface area contributed by atoms with Crippen LogP contribution in [0.2, 0.25) is 0 Å². The Labute approximate surface area is 113 Å². The van der Waals surface area contributed by atoms with Crippen molar-refractivity contribution in [2.75, 3.05) is 0 Å². The normalized spacial score (nSPS) is 12.9. The summed E-state index contributed by atoms with van der Waals surface area (Å²) in [7, 11) is 3.96. The van der Waals surface area contributed by atoms with E-state index in [1.165, 1.54) is 11.3 Å². The maximum absolute atomic E-state index is 5.68. The summed E-state index contributed by atoms with van der Waals surface area (Å²) in [5, 5.41) is 4.44. The van der Waals surface area contributed by atoms with Crippen molar-refractivity contribution in [1.82, 2.24) is 24.8 Å². The molecule has 0 saturated carbocycles. The molecule has 2 rings (SSSR count). The van der Waals surface area contributed by atoms with Crippen LogP contribution in [0, 0.1) is 13.8 Å². The number of hydrogen-bond donors (Lipinski definition) is 2. The van der Waals surface area contributed by atoms with Crippen LogP contribution >= 0.6 is 0 Å². The Balaban J connectivity index is 2.13. The van der Waals surface area contributed by atoms with Crippen LogP contribution in [0.5, 0.6) is 0 Å². The molecular formula is C13H22N6. The number of nitrogens with one attached hydrogen (secondary N) is 1. The molecule has 1 unspecified atom stereocenters. The maximum Gasteiger partial charge on any atom is 0.109 e. The van der Waals surface area contributed by atoms with Gasteiger partial charge < -0.3 is 4.57 Å². The molecule has 0 aliphatic heterocycles. The fourth-order valence-corrected chi connectivity index (χ4v) is 2.36. The molecule has 0 fully saturated rings. The standard InChI is InChI=1S/C13H22N6/c1-9-12(10(2)19(4)17-9)7-11(16-14)8-13-15-5-6-18(13)3/h5-6,11,16H,7-8,14H2,1-4H3. The minimum atomic E-state index is 0.155. The van der Waals surface area contributed by atoms with Gasteiger partial charge in [0.1, 0.15) is 5.82 Å². The van der Waals surface area contributed by atoms with E-state index in [9.17, 15) is 0 Å². The number of hydrazine groups is 1. The van der Waals surface area contributed by atoms with Crippen LogP contribution in [-0.2, 0) is 26.9 Å². The number of nitrogens with zero attached hydrogens (tertiary/aromatic N) is 4. The lowest BCUT2D eigenvalue weighted by atomic mass is 10.0. The second-order valence-electron chi connectivity index (χ2n) is 5.00. The Hall–Kier alpha value is -1.66. The third-order valence-electron chi connectivity index (χ3n) is 3.70. The first kappa shape index (κ1) is 13.8. The van der Waals surface area contributed by atoms with Gasteiger partial charge in [-0.3, -0.25) is 16.0 Å². The molecule has 1 atom stereocenters. The Kier molecular flexibility index (Phi) is 4.01. The molecule has 0 aliphatic carbocycles. The van der Waals surface area contributed by atoms with Gasteiger partial charge in [-0.1, -0.05) is 0 Å². The van der Waals surface area contributed by atoms with Gasteiger partial charge in [0, 0.05) is 44.6 Å². The summed E-state index contributed by atoms with van der Waals surface area (Å²) >= 11 is 0. The minimum absolute atomic E-state index is 0.155. The van der Waals surface area contributed by atoms with Gasteiger partial charge in [0.05, 0.1) is 5.69 Å². The fourth-order valence-electron chi connectivity index (χ4n) is 2.36. The summed E-state index contributed by atoms with van der Waals surface area (Å²) in [6.45, 7) is 4.13. The maximum atomic E-state index is 5.68. The zero-order chi connectivity index (χ0) is 14.0.